The average Bonchev–Trinajstić information content (AvgIpc) is 2.30. The first-order valence-electron chi connectivity index (χ1n) is 5.19. The van der Waals surface area contributed by atoms with Crippen molar-refractivity contribution in [3.63, 3.8) is 0 Å². The van der Waals surface area contributed by atoms with E-state index in [2.05, 4.69) is 4.72 Å². The van der Waals surface area contributed by atoms with Crippen molar-refractivity contribution in [3.8, 4) is 0 Å². The molecule has 0 radical (unpaired) electrons. The van der Waals surface area contributed by atoms with Crippen molar-refractivity contribution in [1.29, 1.82) is 0 Å². The summed E-state index contributed by atoms with van der Waals surface area (Å²) < 4.78 is 26.5. The van der Waals surface area contributed by atoms with Gasteiger partial charge in [-0.15, -0.1) is 11.6 Å². The number of nitrogens with one attached hydrogen (secondary N) is 1. The Morgan fingerprint density at radius 2 is 1.83 bits per heavy atom. The van der Waals surface area contributed by atoms with Crippen LogP contribution in [-0.4, -0.2) is 20.8 Å². The van der Waals surface area contributed by atoms with Crippen LogP contribution in [0.4, 0.5) is 0 Å². The lowest BCUT2D eigenvalue weighted by Gasteiger charge is -2.21. The molecule has 0 spiro atoms. The van der Waals surface area contributed by atoms with E-state index in [1.165, 1.54) is 18.2 Å². The fraction of sp³-hybridized carbons (Fsp3) is 0.455. The summed E-state index contributed by atoms with van der Waals surface area (Å²) in [6.45, 7) is 3.99. The first-order valence-corrected chi connectivity index (χ1v) is 7.96. The van der Waals surface area contributed by atoms with Crippen molar-refractivity contribution >= 4 is 44.8 Å². The van der Waals surface area contributed by atoms with Gasteiger partial charge in [-0.3, -0.25) is 0 Å². The van der Waals surface area contributed by atoms with Crippen LogP contribution in [-0.2, 0) is 10.0 Å². The van der Waals surface area contributed by atoms with Gasteiger partial charge in [-0.2, -0.15) is 0 Å². The zero-order valence-electron chi connectivity index (χ0n) is 10.0. The number of benzene rings is 1. The summed E-state index contributed by atoms with van der Waals surface area (Å²) in [6.07, 6.45) is 0. The molecule has 0 fully saturated rings. The third-order valence-corrected chi connectivity index (χ3v) is 5.17. The van der Waals surface area contributed by atoms with Crippen molar-refractivity contribution < 1.29 is 8.42 Å². The summed E-state index contributed by atoms with van der Waals surface area (Å²) in [5, 5.41) is 0.521. The van der Waals surface area contributed by atoms with Gasteiger partial charge in [0, 0.05) is 12.4 Å². The Labute approximate surface area is 122 Å². The summed E-state index contributed by atoms with van der Waals surface area (Å²) >= 11 is 17.3. The fourth-order valence-corrected chi connectivity index (χ4v) is 2.79. The van der Waals surface area contributed by atoms with E-state index < -0.39 is 10.0 Å². The maximum atomic E-state index is 12.0. The van der Waals surface area contributed by atoms with Gasteiger partial charge in [-0.25, -0.2) is 13.1 Å². The Hall–Kier alpha value is -0.000000000000000111. The van der Waals surface area contributed by atoms with Crippen LogP contribution in [0.5, 0.6) is 0 Å². The maximum Gasteiger partial charge on any atom is 0.240 e. The minimum atomic E-state index is -3.59. The number of hydrogen-bond donors (Lipinski definition) is 1. The molecule has 0 heterocycles. The third-order valence-electron chi connectivity index (χ3n) is 2.30. The predicted molar refractivity (Wildman–Crippen MR) is 76.2 cm³/mol. The Morgan fingerprint density at radius 3 is 2.33 bits per heavy atom. The predicted octanol–water partition coefficient (Wildman–Crippen LogP) is 3.54. The zero-order valence-corrected chi connectivity index (χ0v) is 13.1. The lowest BCUT2D eigenvalue weighted by Crippen LogP contribution is -2.35. The van der Waals surface area contributed by atoms with Gasteiger partial charge >= 0.3 is 0 Å². The Balaban J connectivity index is 2.90. The quantitative estimate of drug-likeness (QED) is 0.839. The van der Waals surface area contributed by atoms with Gasteiger partial charge in [0.25, 0.3) is 0 Å². The van der Waals surface area contributed by atoms with E-state index >= 15 is 0 Å². The largest absolute Gasteiger partial charge is 0.240 e. The summed E-state index contributed by atoms with van der Waals surface area (Å²) in [7, 11) is -3.59. The smallest absolute Gasteiger partial charge is 0.211 e. The molecular formula is C11H14Cl3NO2S. The molecule has 1 rings (SSSR count). The molecule has 0 aromatic heterocycles. The fourth-order valence-electron chi connectivity index (χ4n) is 1.06. The van der Waals surface area contributed by atoms with Crippen LogP contribution >= 0.6 is 34.8 Å². The molecule has 18 heavy (non-hydrogen) atoms. The Morgan fingerprint density at radius 1 is 1.22 bits per heavy atom. The summed E-state index contributed by atoms with van der Waals surface area (Å²) in [4.78, 5) is 0.0854. The maximum absolute atomic E-state index is 12.0. The third kappa shape index (κ3) is 4.28. The second-order valence-corrected chi connectivity index (χ2v) is 7.55. The zero-order chi connectivity index (χ0) is 14.0. The highest BCUT2D eigenvalue weighted by molar-refractivity contribution is 7.89. The standard InChI is InChI=1S/C11H14Cl3NO2S/c1-11(2,6-12)7-15-18(16,17)8-3-4-9(13)10(14)5-8/h3-5,15H,6-7H2,1-2H3. The summed E-state index contributed by atoms with van der Waals surface area (Å²) in [5.74, 6) is 0.358. The lowest BCUT2D eigenvalue weighted by atomic mass is 9.97. The molecule has 0 aliphatic heterocycles. The molecule has 102 valence electrons. The van der Waals surface area contributed by atoms with Crippen molar-refractivity contribution in [2.45, 2.75) is 18.7 Å². The molecule has 0 unspecified atom stereocenters. The number of alkyl halides is 1. The van der Waals surface area contributed by atoms with Gasteiger partial charge in [0.05, 0.1) is 14.9 Å². The van der Waals surface area contributed by atoms with Crippen LogP contribution in [0.3, 0.4) is 0 Å². The first-order chi connectivity index (χ1) is 8.18. The monoisotopic (exact) mass is 329 g/mol. The molecule has 1 aromatic rings. The van der Waals surface area contributed by atoms with Gasteiger partial charge in [0.2, 0.25) is 10.0 Å². The normalized spacial score (nSPS) is 12.7. The van der Waals surface area contributed by atoms with Crippen LogP contribution in [0.2, 0.25) is 10.0 Å². The van der Waals surface area contributed by atoms with Gasteiger partial charge in [0.15, 0.2) is 0 Å². The first kappa shape index (κ1) is 16.1. The highest BCUT2D eigenvalue weighted by Gasteiger charge is 2.22. The number of hydrogen-bond acceptors (Lipinski definition) is 2. The number of rotatable bonds is 5. The van der Waals surface area contributed by atoms with Crippen LogP contribution < -0.4 is 4.72 Å². The SMILES string of the molecule is CC(C)(CCl)CNS(=O)(=O)c1ccc(Cl)c(Cl)c1. The van der Waals surface area contributed by atoms with E-state index in [4.69, 9.17) is 34.8 Å². The highest BCUT2D eigenvalue weighted by atomic mass is 35.5. The summed E-state index contributed by atoms with van der Waals surface area (Å²) in [5.41, 5.74) is -0.315. The topological polar surface area (TPSA) is 46.2 Å². The molecule has 7 heteroatoms. The molecule has 0 saturated heterocycles. The lowest BCUT2D eigenvalue weighted by molar-refractivity contribution is 0.414. The second-order valence-electron chi connectivity index (χ2n) is 4.70. The van der Waals surface area contributed by atoms with Crippen LogP contribution in [0, 0.1) is 5.41 Å². The Bertz CT molecular complexity index is 529. The van der Waals surface area contributed by atoms with E-state index in [1.54, 1.807) is 0 Å². The Kier molecular flexibility index (Phi) is 5.32. The minimum Gasteiger partial charge on any atom is -0.211 e. The molecular weight excluding hydrogens is 317 g/mol. The molecule has 1 N–H and O–H groups in total. The average molecular weight is 331 g/mol. The van der Waals surface area contributed by atoms with Crippen LogP contribution in [0.1, 0.15) is 13.8 Å². The van der Waals surface area contributed by atoms with E-state index in [9.17, 15) is 8.42 Å². The van der Waals surface area contributed by atoms with Crippen molar-refractivity contribution in [2.24, 2.45) is 5.41 Å². The van der Waals surface area contributed by atoms with Gasteiger partial charge < -0.3 is 0 Å². The minimum absolute atomic E-state index is 0.0854. The van der Waals surface area contributed by atoms with Crippen molar-refractivity contribution in [2.75, 3.05) is 12.4 Å². The van der Waals surface area contributed by atoms with Gasteiger partial charge in [-0.1, -0.05) is 37.0 Å². The van der Waals surface area contributed by atoms with Crippen LogP contribution in [0.25, 0.3) is 0 Å². The van der Waals surface area contributed by atoms with E-state index in [0.29, 0.717) is 10.9 Å². The van der Waals surface area contributed by atoms with E-state index in [-0.39, 0.29) is 21.9 Å². The highest BCUT2D eigenvalue weighted by Crippen LogP contribution is 2.25. The molecule has 0 saturated carbocycles. The molecule has 3 nitrogen and oxygen atoms in total. The van der Waals surface area contributed by atoms with Crippen molar-refractivity contribution in [1.82, 2.24) is 4.72 Å². The van der Waals surface area contributed by atoms with Crippen molar-refractivity contribution in [3.05, 3.63) is 28.2 Å². The van der Waals surface area contributed by atoms with E-state index in [1.807, 2.05) is 13.8 Å². The molecule has 0 aliphatic carbocycles. The molecule has 1 aromatic carbocycles. The summed E-state index contributed by atoms with van der Waals surface area (Å²) in [6, 6.07) is 4.18. The molecule has 0 aliphatic rings. The van der Waals surface area contributed by atoms with E-state index in [0.717, 1.165) is 0 Å². The number of sulfonamides is 1. The van der Waals surface area contributed by atoms with Gasteiger partial charge in [-0.05, 0) is 23.6 Å². The molecule has 0 bridgehead atoms. The number of halogens is 3. The van der Waals surface area contributed by atoms with Crippen LogP contribution in [0.15, 0.2) is 23.1 Å². The molecule has 0 atom stereocenters. The van der Waals surface area contributed by atoms with Gasteiger partial charge in [0.1, 0.15) is 0 Å². The second kappa shape index (κ2) is 5.97. The molecule has 0 amide bonds.